The highest BCUT2D eigenvalue weighted by molar-refractivity contribution is 6.29. The predicted molar refractivity (Wildman–Crippen MR) is 92.5 cm³/mol. The van der Waals surface area contributed by atoms with Gasteiger partial charge in [-0.15, -0.1) is 11.6 Å². The standard InChI is InChI=1S/C19H23ClO3/c1-3-22-18(21)17(20)13-19(11-5-4-6-12-19)23-14-16-9-7-15(2)8-10-16/h4-11,17H,3,12-14H2,1-2H3. The number of allylic oxidation sites excluding steroid dienone is 2. The highest BCUT2D eigenvalue weighted by Gasteiger charge is 2.34. The van der Waals surface area contributed by atoms with Crippen LogP contribution in [0.25, 0.3) is 0 Å². The molecule has 2 unspecified atom stereocenters. The number of benzene rings is 1. The molecule has 0 bridgehead atoms. The summed E-state index contributed by atoms with van der Waals surface area (Å²) in [6, 6.07) is 8.22. The van der Waals surface area contributed by atoms with Crippen molar-refractivity contribution in [2.45, 2.75) is 44.3 Å². The molecule has 4 heteroatoms. The van der Waals surface area contributed by atoms with Crippen LogP contribution in [0.15, 0.2) is 48.6 Å². The minimum atomic E-state index is -0.718. The number of aryl methyl sites for hydroxylation is 1. The lowest BCUT2D eigenvalue weighted by molar-refractivity contribution is -0.144. The van der Waals surface area contributed by atoms with E-state index in [9.17, 15) is 4.79 Å². The summed E-state index contributed by atoms with van der Waals surface area (Å²) in [4.78, 5) is 11.8. The number of alkyl halides is 1. The summed E-state index contributed by atoms with van der Waals surface area (Å²) in [7, 11) is 0. The molecular formula is C19H23ClO3. The Labute approximate surface area is 142 Å². The maximum absolute atomic E-state index is 11.8. The SMILES string of the molecule is CCOC(=O)C(Cl)CC1(OCc2ccc(C)cc2)C=CC=CC1. The minimum Gasteiger partial charge on any atom is -0.465 e. The van der Waals surface area contributed by atoms with Gasteiger partial charge in [-0.3, -0.25) is 4.79 Å². The van der Waals surface area contributed by atoms with E-state index in [1.807, 2.05) is 24.3 Å². The molecule has 0 radical (unpaired) electrons. The van der Waals surface area contributed by atoms with Crippen molar-refractivity contribution in [3.63, 3.8) is 0 Å². The van der Waals surface area contributed by atoms with Crippen LogP contribution in [0.2, 0.25) is 0 Å². The van der Waals surface area contributed by atoms with E-state index in [4.69, 9.17) is 21.1 Å². The first-order valence-corrected chi connectivity index (χ1v) is 8.33. The van der Waals surface area contributed by atoms with Gasteiger partial charge >= 0.3 is 5.97 Å². The monoisotopic (exact) mass is 334 g/mol. The molecule has 0 aromatic heterocycles. The number of halogens is 1. The molecule has 0 spiro atoms. The fraction of sp³-hybridized carbons (Fsp3) is 0.421. The number of rotatable bonds is 7. The molecule has 0 saturated heterocycles. The molecule has 2 atom stereocenters. The van der Waals surface area contributed by atoms with Gasteiger partial charge in [-0.25, -0.2) is 0 Å². The second kappa shape index (κ2) is 8.32. The summed E-state index contributed by atoms with van der Waals surface area (Å²) in [6.07, 6.45) is 9.01. The molecule has 0 amide bonds. The number of ether oxygens (including phenoxy) is 2. The smallest absolute Gasteiger partial charge is 0.324 e. The average molecular weight is 335 g/mol. The van der Waals surface area contributed by atoms with E-state index >= 15 is 0 Å². The first kappa shape index (κ1) is 17.8. The Morgan fingerprint density at radius 1 is 1.30 bits per heavy atom. The maximum atomic E-state index is 11.8. The number of hydrogen-bond donors (Lipinski definition) is 0. The molecule has 1 aromatic carbocycles. The second-order valence-electron chi connectivity index (χ2n) is 5.75. The third-order valence-corrected chi connectivity index (χ3v) is 4.16. The van der Waals surface area contributed by atoms with Gasteiger partial charge in [0.1, 0.15) is 5.38 Å². The molecule has 0 saturated carbocycles. The first-order chi connectivity index (χ1) is 11.0. The minimum absolute atomic E-state index is 0.328. The lowest BCUT2D eigenvalue weighted by Gasteiger charge is -2.33. The Morgan fingerprint density at radius 2 is 2.04 bits per heavy atom. The Kier molecular flexibility index (Phi) is 6.43. The molecule has 0 aliphatic heterocycles. The maximum Gasteiger partial charge on any atom is 0.324 e. The zero-order valence-electron chi connectivity index (χ0n) is 13.6. The Balaban J connectivity index is 2.03. The zero-order chi connectivity index (χ0) is 16.7. The second-order valence-corrected chi connectivity index (χ2v) is 6.28. The molecule has 1 aliphatic rings. The van der Waals surface area contributed by atoms with Crippen LogP contribution >= 0.6 is 11.6 Å². The molecule has 23 heavy (non-hydrogen) atoms. The summed E-state index contributed by atoms with van der Waals surface area (Å²) < 4.78 is 11.2. The molecule has 2 rings (SSSR count). The topological polar surface area (TPSA) is 35.5 Å². The summed E-state index contributed by atoms with van der Waals surface area (Å²) in [5.74, 6) is -0.393. The van der Waals surface area contributed by atoms with Crippen LogP contribution in [-0.2, 0) is 20.9 Å². The van der Waals surface area contributed by atoms with Crippen LogP contribution in [0.4, 0.5) is 0 Å². The predicted octanol–water partition coefficient (Wildman–Crippen LogP) is 4.33. The van der Waals surface area contributed by atoms with Gasteiger partial charge in [-0.05, 0) is 25.8 Å². The molecular weight excluding hydrogens is 312 g/mol. The van der Waals surface area contributed by atoms with Gasteiger partial charge in [0.2, 0.25) is 0 Å². The van der Waals surface area contributed by atoms with E-state index in [0.717, 1.165) is 5.56 Å². The van der Waals surface area contributed by atoms with Gasteiger partial charge in [0.05, 0.1) is 18.8 Å². The van der Waals surface area contributed by atoms with Gasteiger partial charge in [-0.1, -0.05) is 54.1 Å². The molecule has 1 aliphatic carbocycles. The number of hydrogen-bond acceptors (Lipinski definition) is 3. The summed E-state index contributed by atoms with van der Waals surface area (Å²) >= 11 is 6.22. The van der Waals surface area contributed by atoms with Crippen molar-refractivity contribution in [2.75, 3.05) is 6.61 Å². The van der Waals surface area contributed by atoms with E-state index in [1.165, 1.54) is 5.56 Å². The first-order valence-electron chi connectivity index (χ1n) is 7.89. The van der Waals surface area contributed by atoms with E-state index in [-0.39, 0.29) is 0 Å². The molecule has 124 valence electrons. The summed E-state index contributed by atoms with van der Waals surface area (Å²) in [6.45, 7) is 4.63. The quantitative estimate of drug-likeness (QED) is 0.550. The van der Waals surface area contributed by atoms with Crippen molar-refractivity contribution in [3.05, 3.63) is 59.7 Å². The van der Waals surface area contributed by atoms with Gasteiger partial charge in [-0.2, -0.15) is 0 Å². The molecule has 1 aromatic rings. The normalized spacial score (nSPS) is 21.2. The van der Waals surface area contributed by atoms with Crippen molar-refractivity contribution in [1.29, 1.82) is 0 Å². The Hall–Kier alpha value is -1.58. The Morgan fingerprint density at radius 3 is 2.65 bits per heavy atom. The largest absolute Gasteiger partial charge is 0.465 e. The summed E-state index contributed by atoms with van der Waals surface area (Å²) in [5.41, 5.74) is 1.74. The zero-order valence-corrected chi connectivity index (χ0v) is 14.4. The molecule has 3 nitrogen and oxygen atoms in total. The van der Waals surface area contributed by atoms with Gasteiger partial charge in [0.15, 0.2) is 0 Å². The number of carbonyl (C=O) groups excluding carboxylic acids is 1. The van der Waals surface area contributed by atoms with Crippen molar-refractivity contribution in [3.8, 4) is 0 Å². The van der Waals surface area contributed by atoms with Gasteiger partial charge < -0.3 is 9.47 Å². The number of esters is 1. The summed E-state index contributed by atoms with van der Waals surface area (Å²) in [5, 5.41) is -0.718. The van der Waals surface area contributed by atoms with Crippen molar-refractivity contribution < 1.29 is 14.3 Å². The van der Waals surface area contributed by atoms with Crippen LogP contribution in [0.3, 0.4) is 0 Å². The fourth-order valence-electron chi connectivity index (χ4n) is 2.49. The van der Waals surface area contributed by atoms with Crippen molar-refractivity contribution in [2.24, 2.45) is 0 Å². The van der Waals surface area contributed by atoms with Crippen molar-refractivity contribution >= 4 is 17.6 Å². The number of carbonyl (C=O) groups is 1. The third-order valence-electron chi connectivity index (χ3n) is 3.82. The average Bonchev–Trinajstić information content (AvgIpc) is 2.55. The van der Waals surface area contributed by atoms with E-state index in [2.05, 4.69) is 31.2 Å². The van der Waals surface area contributed by atoms with Crippen LogP contribution in [0.1, 0.15) is 30.9 Å². The highest BCUT2D eigenvalue weighted by atomic mass is 35.5. The van der Waals surface area contributed by atoms with Crippen LogP contribution in [-0.4, -0.2) is 23.6 Å². The van der Waals surface area contributed by atoms with E-state index in [1.54, 1.807) is 6.92 Å². The molecule has 0 fully saturated rings. The van der Waals surface area contributed by atoms with E-state index in [0.29, 0.717) is 26.1 Å². The van der Waals surface area contributed by atoms with E-state index < -0.39 is 16.9 Å². The van der Waals surface area contributed by atoms with Crippen LogP contribution < -0.4 is 0 Å². The fourth-order valence-corrected chi connectivity index (χ4v) is 2.82. The highest BCUT2D eigenvalue weighted by Crippen LogP contribution is 2.31. The van der Waals surface area contributed by atoms with Gasteiger partial charge in [0, 0.05) is 6.42 Å². The van der Waals surface area contributed by atoms with Crippen LogP contribution in [0, 0.1) is 6.92 Å². The lowest BCUT2D eigenvalue weighted by Crippen LogP contribution is -2.36. The van der Waals surface area contributed by atoms with Crippen LogP contribution in [0.5, 0.6) is 0 Å². The Bertz CT molecular complexity index is 577. The van der Waals surface area contributed by atoms with Gasteiger partial charge in [0.25, 0.3) is 0 Å². The molecule has 0 N–H and O–H groups in total. The third kappa shape index (κ3) is 5.22. The molecule has 0 heterocycles. The van der Waals surface area contributed by atoms with Crippen molar-refractivity contribution in [1.82, 2.24) is 0 Å². The lowest BCUT2D eigenvalue weighted by atomic mass is 9.89.